The van der Waals surface area contributed by atoms with Gasteiger partial charge in [-0.3, -0.25) is 9.59 Å². The highest BCUT2D eigenvalue weighted by Gasteiger charge is 2.25. The Morgan fingerprint density at radius 2 is 1.84 bits per heavy atom. The van der Waals surface area contributed by atoms with Crippen molar-refractivity contribution in [1.82, 2.24) is 25.0 Å². The minimum atomic E-state index is 0.00203. The molecule has 3 rings (SSSR count). The fourth-order valence-electron chi connectivity index (χ4n) is 3.05. The Morgan fingerprint density at radius 1 is 1.16 bits per heavy atom. The van der Waals surface area contributed by atoms with E-state index in [-0.39, 0.29) is 17.7 Å². The maximum absolute atomic E-state index is 12.3. The quantitative estimate of drug-likeness (QED) is 0.886. The number of nitrogens with zero attached hydrogens (tertiary/aromatic N) is 4. The van der Waals surface area contributed by atoms with Crippen molar-refractivity contribution in [3.8, 4) is 0 Å². The first-order valence-electron chi connectivity index (χ1n) is 8.55. The summed E-state index contributed by atoms with van der Waals surface area (Å²) < 4.78 is 1.77. The van der Waals surface area contributed by atoms with Crippen LogP contribution in [-0.4, -0.2) is 44.6 Å². The average molecular weight is 341 g/mol. The van der Waals surface area contributed by atoms with Crippen LogP contribution in [0, 0.1) is 5.92 Å². The van der Waals surface area contributed by atoms with E-state index >= 15 is 0 Å². The highest BCUT2D eigenvalue weighted by Crippen LogP contribution is 2.17. The molecular weight excluding hydrogens is 318 g/mol. The summed E-state index contributed by atoms with van der Waals surface area (Å²) >= 11 is 0. The van der Waals surface area contributed by atoms with Crippen molar-refractivity contribution in [2.75, 3.05) is 13.1 Å². The topological polar surface area (TPSA) is 80.1 Å². The molecule has 1 aromatic heterocycles. The van der Waals surface area contributed by atoms with Gasteiger partial charge in [0, 0.05) is 32.5 Å². The largest absolute Gasteiger partial charge is 0.352 e. The molecule has 2 heterocycles. The average Bonchev–Trinajstić information content (AvgIpc) is 3.14. The van der Waals surface area contributed by atoms with Crippen LogP contribution in [0.4, 0.5) is 0 Å². The molecule has 0 spiro atoms. The first kappa shape index (κ1) is 17.1. The Balaban J connectivity index is 1.45. The third-order valence-electron chi connectivity index (χ3n) is 4.61. The van der Waals surface area contributed by atoms with Crippen LogP contribution in [0.15, 0.2) is 36.9 Å². The highest BCUT2D eigenvalue weighted by atomic mass is 16.2. The normalized spacial score (nSPS) is 15.2. The smallest absolute Gasteiger partial charge is 0.223 e. The third-order valence-corrected chi connectivity index (χ3v) is 4.61. The van der Waals surface area contributed by atoms with Crippen LogP contribution in [0.2, 0.25) is 0 Å². The Bertz CT molecular complexity index is 704. The van der Waals surface area contributed by atoms with Gasteiger partial charge in [0.25, 0.3) is 0 Å². The zero-order valence-electron chi connectivity index (χ0n) is 14.4. The lowest BCUT2D eigenvalue weighted by Crippen LogP contribution is -2.42. The molecule has 1 aromatic carbocycles. The van der Waals surface area contributed by atoms with Crippen molar-refractivity contribution in [3.63, 3.8) is 0 Å². The van der Waals surface area contributed by atoms with E-state index in [0.29, 0.717) is 26.2 Å². The Kier molecular flexibility index (Phi) is 5.42. The zero-order chi connectivity index (χ0) is 17.6. The van der Waals surface area contributed by atoms with E-state index in [1.165, 1.54) is 6.33 Å². The lowest BCUT2D eigenvalue weighted by atomic mass is 9.96. The first-order valence-corrected chi connectivity index (χ1v) is 8.55. The number of rotatable bonds is 5. The summed E-state index contributed by atoms with van der Waals surface area (Å²) in [6.07, 6.45) is 4.68. The van der Waals surface area contributed by atoms with Crippen LogP contribution in [0.25, 0.3) is 0 Å². The maximum atomic E-state index is 12.3. The summed E-state index contributed by atoms with van der Waals surface area (Å²) in [5.74, 6) is 0.168. The summed E-state index contributed by atoms with van der Waals surface area (Å²) in [6.45, 7) is 4.12. The predicted octanol–water partition coefficient (Wildman–Crippen LogP) is 1.20. The van der Waals surface area contributed by atoms with E-state index in [9.17, 15) is 9.59 Å². The lowest BCUT2D eigenvalue weighted by Gasteiger charge is -2.30. The van der Waals surface area contributed by atoms with Crippen molar-refractivity contribution in [3.05, 3.63) is 48.0 Å². The number of hydrogen-bond acceptors (Lipinski definition) is 4. The Labute approximate surface area is 147 Å². The molecule has 132 valence electrons. The Hall–Kier alpha value is -2.70. The van der Waals surface area contributed by atoms with Gasteiger partial charge in [0.1, 0.15) is 12.7 Å². The number of carbonyl (C=O) groups is 2. The van der Waals surface area contributed by atoms with Crippen molar-refractivity contribution in [2.45, 2.75) is 32.9 Å². The van der Waals surface area contributed by atoms with Gasteiger partial charge >= 0.3 is 0 Å². The molecule has 1 saturated heterocycles. The molecule has 0 saturated carbocycles. The van der Waals surface area contributed by atoms with E-state index in [2.05, 4.69) is 15.4 Å². The summed E-state index contributed by atoms with van der Waals surface area (Å²) in [5.41, 5.74) is 2.20. The van der Waals surface area contributed by atoms with E-state index in [0.717, 1.165) is 24.0 Å². The first-order chi connectivity index (χ1) is 12.1. The van der Waals surface area contributed by atoms with E-state index in [4.69, 9.17) is 0 Å². The molecule has 1 N–H and O–H groups in total. The SMILES string of the molecule is CC(=O)N1CCC(C(=O)NCc2ccc(Cn3cncn3)cc2)CC1. The molecule has 1 aliphatic heterocycles. The number of amides is 2. The molecule has 0 bridgehead atoms. The van der Waals surface area contributed by atoms with Crippen molar-refractivity contribution >= 4 is 11.8 Å². The van der Waals surface area contributed by atoms with Gasteiger partial charge in [-0.2, -0.15) is 5.10 Å². The van der Waals surface area contributed by atoms with E-state index in [1.54, 1.807) is 22.8 Å². The molecule has 2 amide bonds. The van der Waals surface area contributed by atoms with Gasteiger partial charge in [-0.25, -0.2) is 9.67 Å². The van der Waals surface area contributed by atoms with Crippen molar-refractivity contribution in [2.24, 2.45) is 5.92 Å². The van der Waals surface area contributed by atoms with Crippen LogP contribution in [-0.2, 0) is 22.7 Å². The second-order valence-electron chi connectivity index (χ2n) is 6.41. The van der Waals surface area contributed by atoms with Gasteiger partial charge < -0.3 is 10.2 Å². The number of aromatic nitrogens is 3. The van der Waals surface area contributed by atoms with Gasteiger partial charge in [-0.05, 0) is 24.0 Å². The minimum Gasteiger partial charge on any atom is -0.352 e. The maximum Gasteiger partial charge on any atom is 0.223 e. The molecule has 0 unspecified atom stereocenters. The summed E-state index contributed by atoms with van der Waals surface area (Å²) in [6, 6.07) is 8.11. The van der Waals surface area contributed by atoms with Gasteiger partial charge in [-0.1, -0.05) is 24.3 Å². The standard InChI is InChI=1S/C18H23N5O2/c1-14(24)22-8-6-17(7-9-22)18(25)20-10-15-2-4-16(5-3-15)11-23-13-19-12-21-23/h2-5,12-13,17H,6-11H2,1H3,(H,20,25). The van der Waals surface area contributed by atoms with Crippen molar-refractivity contribution in [1.29, 1.82) is 0 Å². The number of nitrogens with one attached hydrogen (secondary N) is 1. The van der Waals surface area contributed by atoms with Crippen molar-refractivity contribution < 1.29 is 9.59 Å². The molecule has 0 radical (unpaired) electrons. The highest BCUT2D eigenvalue weighted by molar-refractivity contribution is 5.79. The van der Waals surface area contributed by atoms with Crippen LogP contribution < -0.4 is 5.32 Å². The zero-order valence-corrected chi connectivity index (χ0v) is 14.4. The second kappa shape index (κ2) is 7.92. The van der Waals surface area contributed by atoms with Crippen LogP contribution in [0.5, 0.6) is 0 Å². The predicted molar refractivity (Wildman–Crippen MR) is 92.4 cm³/mol. The number of carbonyl (C=O) groups excluding carboxylic acids is 2. The number of benzene rings is 1. The number of hydrogen-bond donors (Lipinski definition) is 1. The summed E-state index contributed by atoms with van der Waals surface area (Å²) in [7, 11) is 0. The fourth-order valence-corrected chi connectivity index (χ4v) is 3.05. The van der Waals surface area contributed by atoms with Gasteiger partial charge in [0.05, 0.1) is 6.54 Å². The fraction of sp³-hybridized carbons (Fsp3) is 0.444. The number of likely N-dealkylation sites (tertiary alicyclic amines) is 1. The minimum absolute atomic E-state index is 0.00203. The monoisotopic (exact) mass is 341 g/mol. The molecular formula is C18H23N5O2. The molecule has 25 heavy (non-hydrogen) atoms. The van der Waals surface area contributed by atoms with E-state index < -0.39 is 0 Å². The summed E-state index contributed by atoms with van der Waals surface area (Å²) in [4.78, 5) is 29.4. The molecule has 1 fully saturated rings. The molecule has 2 aromatic rings. The number of piperidine rings is 1. The van der Waals surface area contributed by atoms with Gasteiger partial charge in [0.2, 0.25) is 11.8 Å². The van der Waals surface area contributed by atoms with Crippen LogP contribution in [0.3, 0.4) is 0 Å². The molecule has 0 atom stereocenters. The molecule has 0 aliphatic carbocycles. The lowest BCUT2D eigenvalue weighted by molar-refractivity contribution is -0.134. The molecule has 1 aliphatic rings. The third kappa shape index (κ3) is 4.65. The van der Waals surface area contributed by atoms with E-state index in [1.807, 2.05) is 24.3 Å². The van der Waals surface area contributed by atoms with Gasteiger partial charge in [-0.15, -0.1) is 0 Å². The molecule has 7 nitrogen and oxygen atoms in total. The van der Waals surface area contributed by atoms with Gasteiger partial charge in [0.15, 0.2) is 0 Å². The Morgan fingerprint density at radius 3 is 2.44 bits per heavy atom. The second-order valence-corrected chi connectivity index (χ2v) is 6.41. The molecule has 7 heteroatoms. The summed E-state index contributed by atoms with van der Waals surface area (Å²) in [5, 5.41) is 7.09. The van der Waals surface area contributed by atoms with Crippen LogP contribution in [0.1, 0.15) is 30.9 Å². The van der Waals surface area contributed by atoms with Crippen LogP contribution >= 0.6 is 0 Å².